The first-order valence-electron chi connectivity index (χ1n) is 7.30. The summed E-state index contributed by atoms with van der Waals surface area (Å²) < 4.78 is 94.0. The molecule has 0 aromatic heterocycles. The monoisotopic (exact) mass is 364 g/mol. The van der Waals surface area contributed by atoms with Gasteiger partial charge >= 0.3 is 18.0 Å². The molecule has 0 spiro atoms. The van der Waals surface area contributed by atoms with Crippen LogP contribution >= 0.6 is 0 Å². The molecule has 25 heavy (non-hydrogen) atoms. The van der Waals surface area contributed by atoms with Crippen LogP contribution in [0.2, 0.25) is 0 Å². The normalized spacial score (nSPS) is 13.2. The molecule has 7 heteroatoms. The van der Waals surface area contributed by atoms with Crippen LogP contribution in [0.5, 0.6) is 0 Å². The van der Waals surface area contributed by atoms with E-state index in [-0.39, 0.29) is 16.7 Å². The average molecular weight is 364 g/mol. The summed E-state index contributed by atoms with van der Waals surface area (Å²) in [5.41, 5.74) is -6.19. The predicted molar refractivity (Wildman–Crippen MR) is 81.0 cm³/mol. The lowest BCUT2D eigenvalue weighted by molar-refractivity contribution is -0.348. The fourth-order valence-electron chi connectivity index (χ4n) is 2.81. The van der Waals surface area contributed by atoms with Gasteiger partial charge in [-0.05, 0) is 37.5 Å². The van der Waals surface area contributed by atoms with Gasteiger partial charge in [-0.3, -0.25) is 0 Å². The Morgan fingerprint density at radius 3 is 1.56 bits per heavy atom. The van der Waals surface area contributed by atoms with E-state index in [4.69, 9.17) is 0 Å². The summed E-state index contributed by atoms with van der Waals surface area (Å²) >= 11 is 0. The standard InChI is InChI=1S/C18H15F7/c1-10-4-6-13(7-5-10)15-12(3)8-11(2)9-14(15)16(19,17(20,21)22)18(23,24)25/h4-9H,1-3H3. The molecule has 0 unspecified atom stereocenters. The smallest absolute Gasteiger partial charge is 0.218 e. The molecule has 0 amide bonds. The van der Waals surface area contributed by atoms with Crippen molar-refractivity contribution in [1.29, 1.82) is 0 Å². The summed E-state index contributed by atoms with van der Waals surface area (Å²) in [7, 11) is 0. The maximum Gasteiger partial charge on any atom is 0.435 e. The zero-order valence-corrected chi connectivity index (χ0v) is 13.6. The zero-order chi connectivity index (χ0) is 19.2. The molecule has 2 aromatic rings. The van der Waals surface area contributed by atoms with Crippen LogP contribution in [0.4, 0.5) is 30.7 Å². The second-order valence-corrected chi connectivity index (χ2v) is 6.02. The third kappa shape index (κ3) is 3.24. The van der Waals surface area contributed by atoms with E-state index >= 15 is 0 Å². The van der Waals surface area contributed by atoms with E-state index in [0.29, 0.717) is 6.07 Å². The Kier molecular flexibility index (Phi) is 4.65. The number of aryl methyl sites for hydroxylation is 3. The Morgan fingerprint density at radius 2 is 1.12 bits per heavy atom. The maximum absolute atomic E-state index is 14.7. The number of hydrogen-bond acceptors (Lipinski definition) is 0. The van der Waals surface area contributed by atoms with Crippen molar-refractivity contribution < 1.29 is 30.7 Å². The van der Waals surface area contributed by atoms with Crippen molar-refractivity contribution in [2.24, 2.45) is 0 Å². The molecule has 0 saturated heterocycles. The summed E-state index contributed by atoms with van der Waals surface area (Å²) in [6.07, 6.45) is -12.3. The lowest BCUT2D eigenvalue weighted by Gasteiger charge is -2.32. The van der Waals surface area contributed by atoms with Crippen LogP contribution in [0.15, 0.2) is 36.4 Å². The van der Waals surface area contributed by atoms with Gasteiger partial charge in [0.15, 0.2) is 0 Å². The fourth-order valence-corrected chi connectivity index (χ4v) is 2.81. The number of hydrogen-bond donors (Lipinski definition) is 0. The van der Waals surface area contributed by atoms with Gasteiger partial charge in [-0.15, -0.1) is 0 Å². The van der Waals surface area contributed by atoms with Crippen LogP contribution in [-0.4, -0.2) is 12.4 Å². The van der Waals surface area contributed by atoms with Gasteiger partial charge in [-0.2, -0.15) is 26.3 Å². The largest absolute Gasteiger partial charge is 0.435 e. The number of alkyl halides is 7. The minimum absolute atomic E-state index is 0.0913. The summed E-state index contributed by atoms with van der Waals surface area (Å²) in [5, 5.41) is 0. The molecule has 0 N–H and O–H groups in total. The SMILES string of the molecule is Cc1ccc(-c2c(C)cc(C)cc2C(F)(C(F)(F)F)C(F)(F)F)cc1. The van der Waals surface area contributed by atoms with E-state index in [0.717, 1.165) is 5.56 Å². The zero-order valence-electron chi connectivity index (χ0n) is 13.6. The van der Waals surface area contributed by atoms with Gasteiger partial charge in [0.25, 0.3) is 0 Å². The van der Waals surface area contributed by atoms with Gasteiger partial charge in [0.05, 0.1) is 0 Å². The molecule has 0 fully saturated rings. The van der Waals surface area contributed by atoms with Crippen molar-refractivity contribution in [3.05, 3.63) is 58.7 Å². The van der Waals surface area contributed by atoms with E-state index < -0.39 is 29.1 Å². The quantitative estimate of drug-likeness (QED) is 0.529. The van der Waals surface area contributed by atoms with Crippen molar-refractivity contribution in [3.8, 4) is 11.1 Å². The highest BCUT2D eigenvalue weighted by molar-refractivity contribution is 5.73. The van der Waals surface area contributed by atoms with Gasteiger partial charge < -0.3 is 0 Å². The Labute approximate surface area is 140 Å². The first kappa shape index (κ1) is 19.3. The van der Waals surface area contributed by atoms with Crippen LogP contribution in [0.3, 0.4) is 0 Å². The molecular weight excluding hydrogens is 349 g/mol. The minimum Gasteiger partial charge on any atom is -0.218 e. The molecule has 0 saturated carbocycles. The molecule has 2 rings (SSSR count). The summed E-state index contributed by atoms with van der Waals surface area (Å²) in [6.45, 7) is 4.40. The molecule has 0 heterocycles. The molecule has 0 aliphatic heterocycles. The topological polar surface area (TPSA) is 0 Å². The number of halogens is 7. The lowest BCUT2D eigenvalue weighted by atomic mass is 9.83. The van der Waals surface area contributed by atoms with Gasteiger partial charge in [0, 0.05) is 5.56 Å². The third-order valence-corrected chi connectivity index (χ3v) is 3.97. The highest BCUT2D eigenvalue weighted by atomic mass is 19.4. The molecular formula is C18H15F7. The second kappa shape index (κ2) is 6.04. The summed E-state index contributed by atoms with van der Waals surface area (Å²) in [6, 6.07) is 7.88. The van der Waals surface area contributed by atoms with Crippen molar-refractivity contribution in [3.63, 3.8) is 0 Å². The van der Waals surface area contributed by atoms with Crippen LogP contribution in [0.1, 0.15) is 22.3 Å². The van der Waals surface area contributed by atoms with Crippen LogP contribution in [-0.2, 0) is 5.67 Å². The summed E-state index contributed by atoms with van der Waals surface area (Å²) in [4.78, 5) is 0. The average Bonchev–Trinajstić information content (AvgIpc) is 2.44. The number of rotatable bonds is 2. The predicted octanol–water partition coefficient (Wildman–Crippen LogP) is 6.57. The van der Waals surface area contributed by atoms with E-state index in [1.54, 1.807) is 19.1 Å². The molecule has 136 valence electrons. The molecule has 0 aliphatic rings. The molecule has 0 atom stereocenters. The van der Waals surface area contributed by atoms with Gasteiger partial charge in [0.2, 0.25) is 0 Å². The second-order valence-electron chi connectivity index (χ2n) is 6.02. The molecule has 0 radical (unpaired) electrons. The van der Waals surface area contributed by atoms with E-state index in [1.165, 1.54) is 32.0 Å². The fraction of sp³-hybridized carbons (Fsp3) is 0.333. The van der Waals surface area contributed by atoms with Crippen LogP contribution in [0.25, 0.3) is 11.1 Å². The lowest BCUT2D eigenvalue weighted by Crippen LogP contribution is -2.50. The first-order valence-corrected chi connectivity index (χ1v) is 7.30. The summed E-state index contributed by atoms with van der Waals surface area (Å²) in [5.74, 6) is 0. The van der Waals surface area contributed by atoms with Gasteiger partial charge in [-0.1, -0.05) is 47.5 Å². The molecule has 0 bridgehead atoms. The van der Waals surface area contributed by atoms with Crippen LogP contribution < -0.4 is 0 Å². The van der Waals surface area contributed by atoms with E-state index in [9.17, 15) is 30.7 Å². The van der Waals surface area contributed by atoms with E-state index in [2.05, 4.69) is 0 Å². The molecule has 2 aromatic carbocycles. The van der Waals surface area contributed by atoms with Crippen molar-refractivity contribution >= 4 is 0 Å². The van der Waals surface area contributed by atoms with Crippen molar-refractivity contribution in [2.45, 2.75) is 38.8 Å². The molecule has 0 nitrogen and oxygen atoms in total. The van der Waals surface area contributed by atoms with Gasteiger partial charge in [0.1, 0.15) is 0 Å². The third-order valence-electron chi connectivity index (χ3n) is 3.97. The van der Waals surface area contributed by atoms with Crippen LogP contribution in [0, 0.1) is 20.8 Å². The Balaban J connectivity index is 2.91. The van der Waals surface area contributed by atoms with Crippen molar-refractivity contribution in [1.82, 2.24) is 0 Å². The first-order chi connectivity index (χ1) is 11.3. The highest BCUT2D eigenvalue weighted by Crippen LogP contribution is 2.55. The Morgan fingerprint density at radius 1 is 0.640 bits per heavy atom. The maximum atomic E-state index is 14.7. The van der Waals surface area contributed by atoms with E-state index in [1.807, 2.05) is 0 Å². The molecule has 0 aliphatic carbocycles. The van der Waals surface area contributed by atoms with Gasteiger partial charge in [-0.25, -0.2) is 4.39 Å². The Hall–Kier alpha value is -2.05. The Bertz CT molecular complexity index is 754. The highest BCUT2D eigenvalue weighted by Gasteiger charge is 2.74. The van der Waals surface area contributed by atoms with Crippen molar-refractivity contribution in [2.75, 3.05) is 0 Å². The minimum atomic E-state index is -6.15. The number of benzene rings is 2.